The van der Waals surface area contributed by atoms with Crippen LogP contribution in [-0.2, 0) is 17.8 Å². The van der Waals surface area contributed by atoms with E-state index in [2.05, 4.69) is 0 Å². The van der Waals surface area contributed by atoms with Crippen LogP contribution in [0.4, 0.5) is 13.2 Å². The molecule has 1 aromatic rings. The van der Waals surface area contributed by atoms with Crippen LogP contribution in [0, 0.1) is 0 Å². The fourth-order valence-electron chi connectivity index (χ4n) is 2.44. The normalized spacial score (nSPS) is 15.2. The van der Waals surface area contributed by atoms with E-state index in [1.54, 1.807) is 5.32 Å². The summed E-state index contributed by atoms with van der Waals surface area (Å²) in [6.45, 7) is 0.962. The van der Waals surface area contributed by atoms with Crippen molar-refractivity contribution in [3.63, 3.8) is 0 Å². The number of Topliss-reactive ketones (excluding diaryl/α,β-unsaturated/α-hetero) is 1. The highest BCUT2D eigenvalue weighted by atomic mass is 35.5. The first-order chi connectivity index (χ1) is 10.6. The van der Waals surface area contributed by atoms with Gasteiger partial charge in [-0.25, -0.2) is 4.79 Å². The molecule has 2 N–H and O–H groups in total. The van der Waals surface area contributed by atoms with Gasteiger partial charge in [0.1, 0.15) is 11.7 Å². The van der Waals surface area contributed by atoms with E-state index in [4.69, 9.17) is 16.7 Å². The summed E-state index contributed by atoms with van der Waals surface area (Å²) in [6.07, 6.45) is -3.80. The van der Waals surface area contributed by atoms with E-state index in [9.17, 15) is 27.6 Å². The second kappa shape index (κ2) is 5.88. The van der Waals surface area contributed by atoms with E-state index in [0.717, 1.165) is 0 Å². The molecule has 2 rings (SSSR count). The molecule has 0 spiro atoms. The van der Waals surface area contributed by atoms with Gasteiger partial charge in [0.25, 0.3) is 11.7 Å². The summed E-state index contributed by atoms with van der Waals surface area (Å²) in [7, 11) is 0. The minimum Gasteiger partial charge on any atom is -0.478 e. The highest BCUT2D eigenvalue weighted by molar-refractivity contribution is 6.47. The molecule has 1 aromatic heterocycles. The van der Waals surface area contributed by atoms with Gasteiger partial charge in [0.2, 0.25) is 0 Å². The monoisotopic (exact) mass is 352 g/mol. The fourth-order valence-corrected chi connectivity index (χ4v) is 2.81. The van der Waals surface area contributed by atoms with Crippen LogP contribution in [-0.4, -0.2) is 39.6 Å². The van der Waals surface area contributed by atoms with Crippen molar-refractivity contribution in [3.8, 4) is 0 Å². The molecular formula is C13H12ClF3N2O4. The van der Waals surface area contributed by atoms with Crippen molar-refractivity contribution < 1.29 is 32.7 Å². The summed E-state index contributed by atoms with van der Waals surface area (Å²) in [5, 5.41) is 10.3. The molecule has 10 heteroatoms. The van der Waals surface area contributed by atoms with E-state index in [-0.39, 0.29) is 17.8 Å². The molecule has 0 aromatic carbocycles. The number of hydrogen-bond donors (Lipinski definition) is 2. The maximum atomic E-state index is 12.4. The molecule has 0 aliphatic carbocycles. The predicted octanol–water partition coefficient (Wildman–Crippen LogP) is 2.04. The summed E-state index contributed by atoms with van der Waals surface area (Å²) >= 11 is 5.88. The van der Waals surface area contributed by atoms with Crippen molar-refractivity contribution in [2.45, 2.75) is 38.5 Å². The van der Waals surface area contributed by atoms with Crippen LogP contribution in [0.25, 0.3) is 0 Å². The summed E-state index contributed by atoms with van der Waals surface area (Å²) in [5.41, 5.74) is -0.379. The summed E-state index contributed by atoms with van der Waals surface area (Å²) in [6, 6.07) is -2.22. The SMILES string of the molecule is C[C@@H](NC(=O)C(=O)c1c(Cl)c(C(=O)O)c2n1CCC2)C(F)(F)F. The number of carboxylic acid groups (broad SMARTS) is 1. The number of carbonyl (C=O) groups is 3. The van der Waals surface area contributed by atoms with Gasteiger partial charge in [-0.3, -0.25) is 9.59 Å². The third-order valence-corrected chi connectivity index (χ3v) is 3.95. The first-order valence-electron chi connectivity index (χ1n) is 6.61. The zero-order chi connectivity index (χ0) is 17.5. The Morgan fingerprint density at radius 1 is 1.35 bits per heavy atom. The molecule has 2 heterocycles. The maximum absolute atomic E-state index is 12.4. The van der Waals surface area contributed by atoms with Crippen LogP contribution >= 0.6 is 11.6 Å². The number of rotatable bonds is 4. The van der Waals surface area contributed by atoms with Crippen molar-refractivity contribution in [1.29, 1.82) is 0 Å². The molecule has 0 radical (unpaired) electrons. The average molecular weight is 353 g/mol. The minimum atomic E-state index is -4.70. The number of aromatic nitrogens is 1. The smallest absolute Gasteiger partial charge is 0.408 e. The van der Waals surface area contributed by atoms with Crippen molar-refractivity contribution in [2.75, 3.05) is 0 Å². The number of carbonyl (C=O) groups excluding carboxylic acids is 2. The molecule has 6 nitrogen and oxygen atoms in total. The van der Waals surface area contributed by atoms with Crippen molar-refractivity contribution in [3.05, 3.63) is 22.0 Å². The molecule has 1 aliphatic rings. The summed E-state index contributed by atoms with van der Waals surface area (Å²) in [4.78, 5) is 35.1. The Morgan fingerprint density at radius 2 is 1.96 bits per heavy atom. The Morgan fingerprint density at radius 3 is 2.48 bits per heavy atom. The Bertz CT molecular complexity index is 696. The number of fused-ring (bicyclic) bond motifs is 1. The van der Waals surface area contributed by atoms with E-state index in [1.165, 1.54) is 4.57 Å². The number of alkyl halides is 3. The van der Waals surface area contributed by atoms with Crippen LogP contribution in [0.15, 0.2) is 0 Å². The van der Waals surface area contributed by atoms with Gasteiger partial charge in [-0.05, 0) is 19.8 Å². The molecule has 1 atom stereocenters. The van der Waals surface area contributed by atoms with Gasteiger partial charge in [-0.15, -0.1) is 0 Å². The van der Waals surface area contributed by atoms with Gasteiger partial charge in [0.05, 0.1) is 10.6 Å². The Kier molecular flexibility index (Phi) is 4.43. The summed E-state index contributed by atoms with van der Waals surface area (Å²) in [5.74, 6) is -4.13. The van der Waals surface area contributed by atoms with Crippen LogP contribution < -0.4 is 5.32 Å². The molecule has 0 unspecified atom stereocenters. The molecule has 1 aliphatic heterocycles. The van der Waals surface area contributed by atoms with Gasteiger partial charge in [0, 0.05) is 12.2 Å². The third kappa shape index (κ3) is 3.05. The predicted molar refractivity (Wildman–Crippen MR) is 72.7 cm³/mol. The lowest BCUT2D eigenvalue weighted by molar-refractivity contribution is -0.156. The molecule has 0 saturated heterocycles. The largest absolute Gasteiger partial charge is 0.478 e. The first kappa shape index (κ1) is 17.3. The number of halogens is 4. The molecule has 0 fully saturated rings. The Hall–Kier alpha value is -2.03. The van der Waals surface area contributed by atoms with E-state index >= 15 is 0 Å². The zero-order valence-electron chi connectivity index (χ0n) is 11.8. The lowest BCUT2D eigenvalue weighted by atomic mass is 10.1. The van der Waals surface area contributed by atoms with Crippen molar-refractivity contribution >= 4 is 29.3 Å². The van der Waals surface area contributed by atoms with Crippen molar-refractivity contribution in [2.24, 2.45) is 0 Å². The number of carboxylic acids is 1. The summed E-state index contributed by atoms with van der Waals surface area (Å²) < 4.78 is 38.6. The molecule has 1 amide bonds. The highest BCUT2D eigenvalue weighted by Gasteiger charge is 2.40. The molecule has 0 bridgehead atoms. The lowest BCUT2D eigenvalue weighted by Crippen LogP contribution is -2.46. The Labute approximate surface area is 133 Å². The second-order valence-corrected chi connectivity index (χ2v) is 5.49. The number of hydrogen-bond acceptors (Lipinski definition) is 3. The van der Waals surface area contributed by atoms with Gasteiger partial charge in [-0.1, -0.05) is 11.6 Å². The second-order valence-electron chi connectivity index (χ2n) is 5.11. The third-order valence-electron chi connectivity index (χ3n) is 3.58. The van der Waals surface area contributed by atoms with Crippen molar-refractivity contribution in [1.82, 2.24) is 9.88 Å². The minimum absolute atomic E-state index is 0.269. The number of nitrogens with one attached hydrogen (secondary N) is 1. The van der Waals surface area contributed by atoms with Gasteiger partial charge >= 0.3 is 12.1 Å². The Balaban J connectivity index is 2.36. The van der Waals surface area contributed by atoms with Gasteiger partial charge in [-0.2, -0.15) is 13.2 Å². The van der Waals surface area contributed by atoms with Crippen LogP contribution in [0.1, 0.15) is 39.9 Å². The number of nitrogens with zero attached hydrogens (tertiary/aromatic N) is 1. The van der Waals surface area contributed by atoms with Crippen LogP contribution in [0.3, 0.4) is 0 Å². The average Bonchev–Trinajstić information content (AvgIpc) is 2.95. The topological polar surface area (TPSA) is 88.4 Å². The van der Waals surface area contributed by atoms with Gasteiger partial charge < -0.3 is 15.0 Å². The number of ketones is 1. The standard InChI is InChI=1S/C13H12ClF3N2O4/c1-5(13(15,16)17)18-11(21)10(20)9-8(14)7(12(22)23)6-3-2-4-19(6)9/h5H,2-4H2,1H3,(H,18,21)(H,22,23)/t5-/m1/s1. The fraction of sp³-hybridized carbons (Fsp3) is 0.462. The molecule has 0 saturated carbocycles. The lowest BCUT2D eigenvalue weighted by Gasteiger charge is -2.16. The first-order valence-corrected chi connectivity index (χ1v) is 6.99. The van der Waals surface area contributed by atoms with E-state index in [0.29, 0.717) is 25.5 Å². The number of aromatic carboxylic acids is 1. The van der Waals surface area contributed by atoms with E-state index < -0.39 is 34.9 Å². The van der Waals surface area contributed by atoms with Crippen LogP contribution in [0.5, 0.6) is 0 Å². The maximum Gasteiger partial charge on any atom is 0.408 e. The highest BCUT2D eigenvalue weighted by Crippen LogP contribution is 2.33. The van der Waals surface area contributed by atoms with E-state index in [1.807, 2.05) is 0 Å². The molecule has 23 heavy (non-hydrogen) atoms. The van der Waals surface area contributed by atoms with Crippen LogP contribution in [0.2, 0.25) is 5.02 Å². The molecular weight excluding hydrogens is 341 g/mol. The quantitative estimate of drug-likeness (QED) is 0.641. The molecule has 126 valence electrons. The zero-order valence-corrected chi connectivity index (χ0v) is 12.6. The van der Waals surface area contributed by atoms with Gasteiger partial charge in [0.15, 0.2) is 0 Å². The number of amides is 1.